The Labute approximate surface area is 162 Å². The Morgan fingerprint density at radius 1 is 1.32 bits per heavy atom. The van der Waals surface area contributed by atoms with Gasteiger partial charge in [0.1, 0.15) is 11.9 Å². The van der Waals surface area contributed by atoms with Crippen LogP contribution in [0.5, 0.6) is 0 Å². The second kappa shape index (κ2) is 8.33. The first-order valence-electron chi connectivity index (χ1n) is 8.56. The maximum absolute atomic E-state index is 12.5. The van der Waals surface area contributed by atoms with Gasteiger partial charge in [-0.15, -0.1) is 0 Å². The largest absolute Gasteiger partial charge is 0.446 e. The van der Waals surface area contributed by atoms with Crippen molar-refractivity contribution in [2.24, 2.45) is 5.92 Å². The highest BCUT2D eigenvalue weighted by Gasteiger charge is 2.30. The number of hydrogen-bond acceptors (Lipinski definition) is 4. The van der Waals surface area contributed by atoms with Crippen LogP contribution in [0, 0.1) is 16.4 Å². The van der Waals surface area contributed by atoms with Gasteiger partial charge in [-0.25, -0.2) is 9.78 Å². The molecule has 2 rings (SSSR count). The Kier molecular flexibility index (Phi) is 6.65. The van der Waals surface area contributed by atoms with Gasteiger partial charge >= 0.3 is 6.09 Å². The summed E-state index contributed by atoms with van der Waals surface area (Å²) in [5.41, 5.74) is 0.742. The summed E-state index contributed by atoms with van der Waals surface area (Å²) in [7, 11) is 0. The third-order valence-electron chi connectivity index (χ3n) is 4.04. The standard InChI is InChI=1S/C18H26IN3O3/c1-11-10-20-15(9-14(11)19)21-16(23)12-6-5-7-13(8-12)25-17(24)22-18(2,3)4/h9-10,12-13H,5-8H2,1-4H3,(H,22,24)(H,20,21,23)/t12-,13+/m0/s1. The molecule has 2 atom stereocenters. The van der Waals surface area contributed by atoms with E-state index in [-0.39, 0.29) is 23.5 Å². The molecule has 25 heavy (non-hydrogen) atoms. The van der Waals surface area contributed by atoms with Crippen LogP contribution < -0.4 is 10.6 Å². The van der Waals surface area contributed by atoms with Crippen molar-refractivity contribution in [3.8, 4) is 0 Å². The number of nitrogens with one attached hydrogen (secondary N) is 2. The van der Waals surface area contributed by atoms with E-state index < -0.39 is 6.09 Å². The Morgan fingerprint density at radius 2 is 2.04 bits per heavy atom. The average molecular weight is 459 g/mol. The summed E-state index contributed by atoms with van der Waals surface area (Å²) in [6.45, 7) is 7.69. The number of pyridine rings is 1. The molecule has 1 aromatic heterocycles. The minimum absolute atomic E-state index is 0.0586. The van der Waals surface area contributed by atoms with Crippen molar-refractivity contribution in [3.05, 3.63) is 21.4 Å². The molecule has 2 amide bonds. The van der Waals surface area contributed by atoms with E-state index in [1.54, 1.807) is 6.20 Å². The lowest BCUT2D eigenvalue weighted by Crippen LogP contribution is -2.43. The third kappa shape index (κ3) is 6.45. The quantitative estimate of drug-likeness (QED) is 0.670. The molecule has 0 radical (unpaired) electrons. The first-order chi connectivity index (χ1) is 11.6. The van der Waals surface area contributed by atoms with Crippen LogP contribution >= 0.6 is 22.6 Å². The van der Waals surface area contributed by atoms with E-state index in [2.05, 4.69) is 38.2 Å². The Hall–Kier alpha value is -1.38. The number of carbonyl (C=O) groups is 2. The maximum atomic E-state index is 12.5. The van der Waals surface area contributed by atoms with Crippen molar-refractivity contribution in [1.29, 1.82) is 0 Å². The normalized spacial score (nSPS) is 20.7. The van der Waals surface area contributed by atoms with Crippen LogP contribution in [0.25, 0.3) is 0 Å². The highest BCUT2D eigenvalue weighted by molar-refractivity contribution is 14.1. The number of carbonyl (C=O) groups excluding carboxylic acids is 2. The first-order valence-corrected chi connectivity index (χ1v) is 9.64. The number of alkyl carbamates (subject to hydrolysis) is 1. The van der Waals surface area contributed by atoms with E-state index in [0.717, 1.165) is 28.4 Å². The summed E-state index contributed by atoms with van der Waals surface area (Å²) in [6.07, 6.45) is 4.11. The zero-order chi connectivity index (χ0) is 18.6. The fourth-order valence-electron chi connectivity index (χ4n) is 2.77. The lowest BCUT2D eigenvalue weighted by Gasteiger charge is -2.29. The van der Waals surface area contributed by atoms with Crippen molar-refractivity contribution in [1.82, 2.24) is 10.3 Å². The lowest BCUT2D eigenvalue weighted by atomic mass is 9.86. The molecular weight excluding hydrogens is 433 g/mol. The van der Waals surface area contributed by atoms with Crippen molar-refractivity contribution >= 4 is 40.4 Å². The van der Waals surface area contributed by atoms with Gasteiger partial charge in [0.25, 0.3) is 0 Å². The molecule has 0 unspecified atom stereocenters. The molecule has 0 aromatic carbocycles. The molecule has 1 aliphatic carbocycles. The van der Waals surface area contributed by atoms with E-state index in [1.165, 1.54) is 0 Å². The van der Waals surface area contributed by atoms with E-state index in [1.807, 2.05) is 33.8 Å². The molecule has 1 fully saturated rings. The van der Waals surface area contributed by atoms with Crippen molar-refractivity contribution in [3.63, 3.8) is 0 Å². The van der Waals surface area contributed by atoms with Gasteiger partial charge in [-0.1, -0.05) is 0 Å². The molecule has 1 aromatic rings. The fourth-order valence-corrected chi connectivity index (χ4v) is 3.21. The average Bonchev–Trinajstić information content (AvgIpc) is 2.49. The second-order valence-corrected chi connectivity index (χ2v) is 8.74. The summed E-state index contributed by atoms with van der Waals surface area (Å²) in [4.78, 5) is 28.7. The molecule has 0 saturated heterocycles. The molecule has 0 spiro atoms. The number of nitrogens with zero attached hydrogens (tertiary/aromatic N) is 1. The van der Waals surface area contributed by atoms with Crippen LogP contribution in [0.15, 0.2) is 12.3 Å². The molecule has 6 nitrogen and oxygen atoms in total. The second-order valence-electron chi connectivity index (χ2n) is 7.57. The summed E-state index contributed by atoms with van der Waals surface area (Å²) >= 11 is 2.22. The van der Waals surface area contributed by atoms with Gasteiger partial charge < -0.3 is 15.4 Å². The van der Waals surface area contributed by atoms with Gasteiger partial charge in [0.15, 0.2) is 0 Å². The SMILES string of the molecule is Cc1cnc(NC(=O)[C@H]2CCC[C@@H](OC(=O)NC(C)(C)C)C2)cc1I. The maximum Gasteiger partial charge on any atom is 0.407 e. The topological polar surface area (TPSA) is 80.3 Å². The number of aryl methyl sites for hydroxylation is 1. The summed E-state index contributed by atoms with van der Waals surface area (Å²) in [5, 5.41) is 5.67. The third-order valence-corrected chi connectivity index (χ3v) is 5.20. The smallest absolute Gasteiger partial charge is 0.407 e. The molecular formula is C18H26IN3O3. The number of hydrogen-bond donors (Lipinski definition) is 2. The molecule has 7 heteroatoms. The van der Waals surface area contributed by atoms with Gasteiger partial charge in [-0.2, -0.15) is 0 Å². The predicted octanol–water partition coefficient (Wildman–Crippen LogP) is 4.02. The van der Waals surface area contributed by atoms with E-state index >= 15 is 0 Å². The summed E-state index contributed by atoms with van der Waals surface area (Å²) in [5.74, 6) is 0.340. The van der Waals surface area contributed by atoms with E-state index in [0.29, 0.717) is 12.2 Å². The number of ether oxygens (including phenoxy) is 1. The predicted molar refractivity (Wildman–Crippen MR) is 105 cm³/mol. The van der Waals surface area contributed by atoms with Gasteiger partial charge in [0.05, 0.1) is 0 Å². The van der Waals surface area contributed by atoms with Crippen LogP contribution in [0.3, 0.4) is 0 Å². The number of rotatable bonds is 3. The summed E-state index contributed by atoms with van der Waals surface area (Å²) in [6, 6.07) is 1.86. The number of aromatic nitrogens is 1. The van der Waals surface area contributed by atoms with E-state index in [9.17, 15) is 9.59 Å². The molecule has 1 heterocycles. The van der Waals surface area contributed by atoms with Crippen LogP contribution in [0.1, 0.15) is 52.0 Å². The number of amides is 2. The Balaban J connectivity index is 1.90. The van der Waals surface area contributed by atoms with Crippen LogP contribution in [0.2, 0.25) is 0 Å². The van der Waals surface area contributed by atoms with E-state index in [4.69, 9.17) is 4.74 Å². The van der Waals surface area contributed by atoms with Crippen LogP contribution in [-0.4, -0.2) is 28.6 Å². The number of anilines is 1. The van der Waals surface area contributed by atoms with Gasteiger partial charge in [-0.3, -0.25) is 4.79 Å². The first kappa shape index (κ1) is 19.9. The minimum Gasteiger partial charge on any atom is -0.446 e. The highest BCUT2D eigenvalue weighted by atomic mass is 127. The molecule has 138 valence electrons. The van der Waals surface area contributed by atoms with Gasteiger partial charge in [-0.05, 0) is 87.6 Å². The number of halogens is 1. The molecule has 1 saturated carbocycles. The zero-order valence-corrected chi connectivity index (χ0v) is 17.3. The van der Waals surface area contributed by atoms with Gasteiger partial charge in [0.2, 0.25) is 5.91 Å². The minimum atomic E-state index is -0.423. The Bertz CT molecular complexity index is 643. The molecule has 0 bridgehead atoms. The van der Waals surface area contributed by atoms with Crippen molar-refractivity contribution in [2.45, 2.75) is 65.0 Å². The summed E-state index contributed by atoms with van der Waals surface area (Å²) < 4.78 is 6.55. The zero-order valence-electron chi connectivity index (χ0n) is 15.2. The highest BCUT2D eigenvalue weighted by Crippen LogP contribution is 2.28. The lowest BCUT2D eigenvalue weighted by molar-refractivity contribution is -0.122. The monoisotopic (exact) mass is 459 g/mol. The van der Waals surface area contributed by atoms with Crippen LogP contribution in [0.4, 0.5) is 10.6 Å². The van der Waals surface area contributed by atoms with Crippen molar-refractivity contribution in [2.75, 3.05) is 5.32 Å². The van der Waals surface area contributed by atoms with Gasteiger partial charge in [0, 0.05) is 21.2 Å². The van der Waals surface area contributed by atoms with Crippen LogP contribution in [-0.2, 0) is 9.53 Å². The fraction of sp³-hybridized carbons (Fsp3) is 0.611. The molecule has 1 aliphatic rings. The molecule has 0 aliphatic heterocycles. The molecule has 2 N–H and O–H groups in total. The Morgan fingerprint density at radius 3 is 2.68 bits per heavy atom. The van der Waals surface area contributed by atoms with Crippen molar-refractivity contribution < 1.29 is 14.3 Å².